The van der Waals surface area contributed by atoms with Crippen LogP contribution >= 0.6 is 11.8 Å². The topological polar surface area (TPSA) is 185 Å². The van der Waals surface area contributed by atoms with Crippen molar-refractivity contribution >= 4 is 43.6 Å². The Bertz CT molecular complexity index is 1330. The Labute approximate surface area is 261 Å². The van der Waals surface area contributed by atoms with Gasteiger partial charge in [-0.15, -0.1) is 0 Å². The number of amides is 2. The summed E-state index contributed by atoms with van der Waals surface area (Å²) in [6, 6.07) is 12.4. The number of hydrogen-bond donors (Lipinski definition) is 5. The third-order valence-electron chi connectivity index (χ3n) is 5.94. The molecular weight excluding hydrogens is 610 g/mol. The maximum atomic E-state index is 12.5. The van der Waals surface area contributed by atoms with Crippen molar-refractivity contribution < 1.29 is 47.8 Å². The number of thioether (sulfide) groups is 1. The van der Waals surface area contributed by atoms with Gasteiger partial charge in [0.2, 0.25) is 0 Å². The zero-order chi connectivity index (χ0) is 32.3. The van der Waals surface area contributed by atoms with Crippen molar-refractivity contribution in [3.05, 3.63) is 64.7 Å². The Hall–Kier alpha value is -3.63. The Morgan fingerprint density at radius 3 is 2.43 bits per heavy atom. The smallest absolute Gasteiger partial charge is 0.492 e. The first-order valence-electron chi connectivity index (χ1n) is 14.0. The number of rotatable bonds is 14. The third-order valence-corrected chi connectivity index (χ3v) is 7.98. The fourth-order valence-corrected chi connectivity index (χ4v) is 5.48. The van der Waals surface area contributed by atoms with Gasteiger partial charge in [-0.05, 0) is 75.2 Å². The molecule has 0 radical (unpaired) electrons. The molecule has 2 amide bonds. The monoisotopic (exact) mass is 649 g/mol. The fourth-order valence-electron chi connectivity index (χ4n) is 3.88. The van der Waals surface area contributed by atoms with Crippen LogP contribution in [-0.2, 0) is 25.5 Å². The summed E-state index contributed by atoms with van der Waals surface area (Å²) in [5, 5.41) is 9.76. The van der Waals surface area contributed by atoms with E-state index < -0.39 is 37.8 Å². The van der Waals surface area contributed by atoms with Crippen LogP contribution in [0.4, 0.5) is 4.79 Å². The van der Waals surface area contributed by atoms with Crippen molar-refractivity contribution in [2.24, 2.45) is 5.16 Å². The van der Waals surface area contributed by atoms with Crippen LogP contribution in [0.25, 0.3) is 0 Å². The highest BCUT2D eigenvalue weighted by atomic mass is 32.2. The lowest BCUT2D eigenvalue weighted by Gasteiger charge is -2.19. The predicted octanol–water partition coefficient (Wildman–Crippen LogP) is 2.47. The molecule has 5 N–H and O–H groups in total. The Balaban J connectivity index is 1.45. The molecule has 1 aliphatic rings. The highest BCUT2D eigenvalue weighted by Crippen LogP contribution is 2.34. The summed E-state index contributed by atoms with van der Waals surface area (Å²) in [7, 11) is -4.14. The first-order chi connectivity index (χ1) is 20.7. The van der Waals surface area contributed by atoms with Crippen molar-refractivity contribution in [1.29, 1.82) is 0 Å². The summed E-state index contributed by atoms with van der Waals surface area (Å²) < 4.78 is 16.4. The average molecular weight is 650 g/mol. The largest absolute Gasteiger partial charge is 0.493 e. The van der Waals surface area contributed by atoms with Gasteiger partial charge in [0.25, 0.3) is 11.3 Å². The quantitative estimate of drug-likeness (QED) is 0.115. The zero-order valence-electron chi connectivity index (χ0n) is 25.1. The highest BCUT2D eigenvalue weighted by molar-refractivity contribution is 8.15. The number of carbonyl (C=O) groups is 3. The van der Waals surface area contributed by atoms with Crippen molar-refractivity contribution in [3.8, 4) is 5.75 Å². The van der Waals surface area contributed by atoms with Crippen LogP contribution in [0.2, 0.25) is 6.04 Å². The molecule has 240 valence electrons. The molecule has 1 aliphatic heterocycles. The van der Waals surface area contributed by atoms with E-state index in [0.717, 1.165) is 22.9 Å². The molecule has 0 bridgehead atoms. The molecule has 3 rings (SSSR count). The van der Waals surface area contributed by atoms with Crippen LogP contribution in [-0.4, -0.2) is 83.5 Å². The van der Waals surface area contributed by atoms with E-state index in [1.165, 1.54) is 0 Å². The number of alkyl carbamates (subject to hydrolysis) is 1. The Kier molecular flexibility index (Phi) is 12.6. The molecule has 0 aromatic heterocycles. The number of ether oxygens (including phenoxy) is 3. The molecule has 13 nitrogen and oxygen atoms in total. The molecule has 2 aromatic carbocycles. The van der Waals surface area contributed by atoms with Crippen LogP contribution < -0.4 is 15.4 Å². The lowest BCUT2D eigenvalue weighted by Crippen LogP contribution is -2.37. The first kappa shape index (κ1) is 34.9. The van der Waals surface area contributed by atoms with Gasteiger partial charge in [0.1, 0.15) is 18.0 Å². The summed E-state index contributed by atoms with van der Waals surface area (Å²) in [6.45, 7) is 7.81. The number of nitrogens with one attached hydrogen (secondary N) is 2. The van der Waals surface area contributed by atoms with Gasteiger partial charge < -0.3 is 44.1 Å². The molecule has 15 heteroatoms. The standard InChI is InChI=1S/C29H39N3O10SSi/c1-19-7-5-8-22(23(19)25-32-42-27(43-25)24(33)30-14-6-18-44(36,37)38)39-16-13-20-9-11-21(12-10-20)26(34)40-17-15-31-28(35)41-29(2,3)4/h5,7-12,27,36-38H,6,13-18H2,1-4H3,(H,30,33)(H,31,35). The van der Waals surface area contributed by atoms with Crippen LogP contribution in [0.3, 0.4) is 0 Å². The van der Waals surface area contributed by atoms with E-state index in [4.69, 9.17) is 33.4 Å². The number of hydrogen-bond acceptors (Lipinski definition) is 12. The number of esters is 1. The van der Waals surface area contributed by atoms with Crippen molar-refractivity contribution in [2.75, 3.05) is 26.3 Å². The molecule has 1 atom stereocenters. The summed E-state index contributed by atoms with van der Waals surface area (Å²) in [5.74, 6) is -0.344. The molecule has 0 saturated heterocycles. The second-order valence-electron chi connectivity index (χ2n) is 10.9. The van der Waals surface area contributed by atoms with E-state index in [1.807, 2.05) is 37.3 Å². The predicted molar refractivity (Wildman–Crippen MR) is 165 cm³/mol. The minimum absolute atomic E-state index is 0.00819. The number of carbonyl (C=O) groups excluding carboxylic acids is 3. The number of nitrogens with zero attached hydrogens (tertiary/aromatic N) is 1. The van der Waals surface area contributed by atoms with Gasteiger partial charge in [-0.1, -0.05) is 29.4 Å². The second kappa shape index (κ2) is 15.9. The van der Waals surface area contributed by atoms with E-state index in [9.17, 15) is 14.4 Å². The maximum Gasteiger partial charge on any atom is 0.492 e. The van der Waals surface area contributed by atoms with Crippen LogP contribution in [0, 0.1) is 6.92 Å². The zero-order valence-corrected chi connectivity index (χ0v) is 26.9. The Morgan fingerprint density at radius 2 is 1.75 bits per heavy atom. The van der Waals surface area contributed by atoms with Crippen LogP contribution in [0.1, 0.15) is 54.2 Å². The van der Waals surface area contributed by atoms with Crippen molar-refractivity contribution in [2.45, 2.75) is 57.6 Å². The van der Waals surface area contributed by atoms with Gasteiger partial charge in [-0.3, -0.25) is 4.79 Å². The van der Waals surface area contributed by atoms with Gasteiger partial charge >= 0.3 is 20.9 Å². The molecule has 0 spiro atoms. The molecule has 44 heavy (non-hydrogen) atoms. The van der Waals surface area contributed by atoms with Crippen molar-refractivity contribution in [3.63, 3.8) is 0 Å². The van der Waals surface area contributed by atoms with E-state index in [0.29, 0.717) is 34.9 Å². The number of benzene rings is 2. The minimum Gasteiger partial charge on any atom is -0.493 e. The van der Waals surface area contributed by atoms with E-state index in [1.54, 1.807) is 32.9 Å². The molecular formula is C29H39N3O10SSi. The number of aryl methyl sites for hydroxylation is 1. The second-order valence-corrected chi connectivity index (χ2v) is 14.0. The summed E-state index contributed by atoms with van der Waals surface area (Å²) >= 11 is 1.13. The van der Waals surface area contributed by atoms with Gasteiger partial charge in [-0.25, -0.2) is 9.59 Å². The van der Waals surface area contributed by atoms with E-state index >= 15 is 0 Å². The summed E-state index contributed by atoms with van der Waals surface area (Å²) in [6.07, 6.45) is 0.193. The molecule has 0 saturated carbocycles. The maximum absolute atomic E-state index is 12.5. The first-order valence-corrected chi connectivity index (χ1v) is 17.0. The summed E-state index contributed by atoms with van der Waals surface area (Å²) in [5.41, 5.74) is 1.40. The normalized spacial score (nSPS) is 14.7. The van der Waals surface area contributed by atoms with E-state index in [-0.39, 0.29) is 32.2 Å². The molecule has 1 unspecified atom stereocenters. The lowest BCUT2D eigenvalue weighted by atomic mass is 10.1. The highest BCUT2D eigenvalue weighted by Gasteiger charge is 2.32. The minimum atomic E-state index is -4.14. The SMILES string of the molecule is Cc1cccc(OCCc2ccc(C(=O)OCCNC(=O)OC(C)(C)C)cc2)c1C1=NOC(C(=O)NCCC[Si](O)(O)O)S1. The molecule has 0 aliphatic carbocycles. The Morgan fingerprint density at radius 1 is 1.02 bits per heavy atom. The lowest BCUT2D eigenvalue weighted by molar-refractivity contribution is -0.127. The third kappa shape index (κ3) is 11.8. The molecule has 2 aromatic rings. The van der Waals surface area contributed by atoms with Crippen molar-refractivity contribution in [1.82, 2.24) is 10.6 Å². The van der Waals surface area contributed by atoms with Crippen LogP contribution in [0.15, 0.2) is 47.6 Å². The molecule has 0 fully saturated rings. The average Bonchev–Trinajstić information content (AvgIpc) is 3.42. The van der Waals surface area contributed by atoms with Gasteiger partial charge in [0, 0.05) is 19.0 Å². The molecule has 1 heterocycles. The number of oxime groups is 1. The van der Waals surface area contributed by atoms with Crippen LogP contribution in [0.5, 0.6) is 5.75 Å². The summed E-state index contributed by atoms with van der Waals surface area (Å²) in [4.78, 5) is 69.0. The fraction of sp³-hybridized carbons (Fsp3) is 0.448. The van der Waals surface area contributed by atoms with E-state index in [2.05, 4.69) is 15.8 Å². The van der Waals surface area contributed by atoms with Gasteiger partial charge in [0.05, 0.1) is 24.3 Å². The van der Waals surface area contributed by atoms with Gasteiger partial charge in [0.15, 0.2) is 5.04 Å². The van der Waals surface area contributed by atoms with Gasteiger partial charge in [-0.2, -0.15) is 0 Å².